The molecule has 0 fully saturated rings. The number of anilines is 1. The quantitative estimate of drug-likeness (QED) is 0.370. The summed E-state index contributed by atoms with van der Waals surface area (Å²) in [5.41, 5.74) is 0.0726. The van der Waals surface area contributed by atoms with Crippen LogP contribution in [0.25, 0.3) is 0 Å². The minimum Gasteiger partial charge on any atom is -0.377 e. The normalized spacial score (nSPS) is 11.2. The molecule has 7 nitrogen and oxygen atoms in total. The lowest BCUT2D eigenvalue weighted by molar-refractivity contribution is -0.384. The van der Waals surface area contributed by atoms with Crippen molar-refractivity contribution in [1.29, 1.82) is 0 Å². The van der Waals surface area contributed by atoms with Crippen LogP contribution in [0, 0.1) is 10.1 Å². The monoisotopic (exact) mass is 294 g/mol. The van der Waals surface area contributed by atoms with Crippen LogP contribution in [0.5, 0.6) is 0 Å². The minimum atomic E-state index is -3.51. The van der Waals surface area contributed by atoms with Gasteiger partial charge in [0.2, 0.25) is 0 Å². The highest BCUT2D eigenvalue weighted by molar-refractivity contribution is 7.85. The van der Waals surface area contributed by atoms with Gasteiger partial charge in [0.1, 0.15) is 5.69 Å². The van der Waals surface area contributed by atoms with Crippen molar-refractivity contribution in [2.45, 2.75) is 0 Å². The Morgan fingerprint density at radius 3 is 2.72 bits per heavy atom. The summed E-state index contributed by atoms with van der Waals surface area (Å²) in [5.74, 6) is 0. The zero-order valence-electron chi connectivity index (χ0n) is 9.42. The number of nitro groups is 1. The third-order valence-corrected chi connectivity index (χ3v) is 2.70. The van der Waals surface area contributed by atoms with Crippen molar-refractivity contribution in [2.75, 3.05) is 24.7 Å². The molecule has 0 aromatic heterocycles. The molecule has 0 aliphatic carbocycles. The van der Waals surface area contributed by atoms with Crippen molar-refractivity contribution < 1.29 is 17.5 Å². The third-order valence-electron chi connectivity index (χ3n) is 1.87. The number of halogens is 1. The molecule has 0 heterocycles. The molecule has 1 rings (SSSR count). The van der Waals surface area contributed by atoms with E-state index in [9.17, 15) is 18.5 Å². The molecule has 0 aliphatic heterocycles. The first kappa shape index (κ1) is 14.7. The molecule has 18 heavy (non-hydrogen) atoms. The van der Waals surface area contributed by atoms with E-state index in [4.69, 9.17) is 11.6 Å². The maximum atomic E-state index is 10.7. The molecule has 0 unspecified atom stereocenters. The number of hydrogen-bond donors (Lipinski definition) is 1. The summed E-state index contributed by atoms with van der Waals surface area (Å²) >= 11 is 5.72. The fraction of sp³-hybridized carbons (Fsp3) is 0.333. The lowest BCUT2D eigenvalue weighted by Gasteiger charge is -2.07. The minimum absolute atomic E-state index is 0.105. The lowest BCUT2D eigenvalue weighted by Crippen LogP contribution is -2.13. The van der Waals surface area contributed by atoms with Crippen LogP contribution in [0.3, 0.4) is 0 Å². The van der Waals surface area contributed by atoms with Crippen LogP contribution in [-0.2, 0) is 14.3 Å². The van der Waals surface area contributed by atoms with Crippen molar-refractivity contribution in [2.24, 2.45) is 0 Å². The number of rotatable bonds is 6. The molecule has 1 aromatic carbocycles. The fourth-order valence-electron chi connectivity index (χ4n) is 1.19. The van der Waals surface area contributed by atoms with E-state index in [0.29, 0.717) is 5.02 Å². The van der Waals surface area contributed by atoms with E-state index >= 15 is 0 Å². The predicted molar refractivity (Wildman–Crippen MR) is 67.4 cm³/mol. The van der Waals surface area contributed by atoms with Crippen molar-refractivity contribution in [1.82, 2.24) is 0 Å². The van der Waals surface area contributed by atoms with Crippen LogP contribution in [-0.4, -0.2) is 32.7 Å². The second-order valence-electron chi connectivity index (χ2n) is 3.37. The van der Waals surface area contributed by atoms with Gasteiger partial charge < -0.3 is 5.32 Å². The molecule has 9 heteroatoms. The standard InChI is InChI=1S/C9H11ClN2O5S/c1-18(15,16)17-5-4-11-8-6-7(10)2-3-9(8)12(13)14/h2-3,6,11H,4-5H2,1H3. The van der Waals surface area contributed by atoms with Gasteiger partial charge in [-0.1, -0.05) is 11.6 Å². The smallest absolute Gasteiger partial charge is 0.292 e. The number of benzene rings is 1. The molecule has 0 spiro atoms. The molecule has 0 aliphatic rings. The predicted octanol–water partition coefficient (Wildman–Crippen LogP) is 1.64. The Morgan fingerprint density at radius 2 is 2.17 bits per heavy atom. The molecule has 1 N–H and O–H groups in total. The Hall–Kier alpha value is -1.38. The van der Waals surface area contributed by atoms with Crippen molar-refractivity contribution in [3.8, 4) is 0 Å². The van der Waals surface area contributed by atoms with Crippen molar-refractivity contribution in [3.05, 3.63) is 33.3 Å². The van der Waals surface area contributed by atoms with Crippen LogP contribution < -0.4 is 5.32 Å². The van der Waals surface area contributed by atoms with E-state index in [1.54, 1.807) is 0 Å². The van der Waals surface area contributed by atoms with Crippen molar-refractivity contribution >= 4 is 33.1 Å². The van der Waals surface area contributed by atoms with Crippen LogP contribution >= 0.6 is 11.6 Å². The topological polar surface area (TPSA) is 98.5 Å². The number of nitro benzene ring substituents is 1. The van der Waals surface area contributed by atoms with Gasteiger partial charge in [-0.05, 0) is 12.1 Å². The number of nitrogens with one attached hydrogen (secondary N) is 1. The summed E-state index contributed by atoms with van der Waals surface area (Å²) in [5, 5.41) is 13.8. The van der Waals surface area contributed by atoms with E-state index in [-0.39, 0.29) is 24.5 Å². The molecular weight excluding hydrogens is 284 g/mol. The maximum Gasteiger partial charge on any atom is 0.292 e. The zero-order valence-corrected chi connectivity index (χ0v) is 11.0. The Labute approximate surface area is 109 Å². The molecule has 0 atom stereocenters. The summed E-state index contributed by atoms with van der Waals surface area (Å²) in [6, 6.07) is 4.06. The first-order chi connectivity index (χ1) is 8.29. The van der Waals surface area contributed by atoms with Crippen molar-refractivity contribution in [3.63, 3.8) is 0 Å². The van der Waals surface area contributed by atoms with Gasteiger partial charge in [0.25, 0.3) is 15.8 Å². The highest BCUT2D eigenvalue weighted by atomic mass is 35.5. The van der Waals surface area contributed by atoms with E-state index in [1.807, 2.05) is 0 Å². The van der Waals surface area contributed by atoms with E-state index in [1.165, 1.54) is 18.2 Å². The van der Waals surface area contributed by atoms with Gasteiger partial charge in [-0.3, -0.25) is 14.3 Å². The van der Waals surface area contributed by atoms with Gasteiger partial charge in [-0.2, -0.15) is 8.42 Å². The Balaban J connectivity index is 2.66. The van der Waals surface area contributed by atoms with Crippen LogP contribution in [0.15, 0.2) is 18.2 Å². The maximum absolute atomic E-state index is 10.7. The summed E-state index contributed by atoms with van der Waals surface area (Å²) in [6.45, 7) is -0.0171. The second kappa shape index (κ2) is 5.98. The molecule has 0 amide bonds. The first-order valence-corrected chi connectivity index (χ1v) is 7.01. The first-order valence-electron chi connectivity index (χ1n) is 4.82. The SMILES string of the molecule is CS(=O)(=O)OCCNc1cc(Cl)ccc1[N+](=O)[O-]. The van der Waals surface area contributed by atoms with Gasteiger partial charge in [0.05, 0.1) is 17.8 Å². The largest absolute Gasteiger partial charge is 0.377 e. The molecular formula is C9H11ClN2O5S. The number of hydrogen-bond acceptors (Lipinski definition) is 6. The second-order valence-corrected chi connectivity index (χ2v) is 5.45. The van der Waals surface area contributed by atoms with Gasteiger partial charge in [0, 0.05) is 17.6 Å². The molecule has 100 valence electrons. The molecule has 0 radical (unpaired) electrons. The van der Waals surface area contributed by atoms with E-state index in [2.05, 4.69) is 9.50 Å². The van der Waals surface area contributed by atoms with Gasteiger partial charge in [-0.25, -0.2) is 0 Å². The fourth-order valence-corrected chi connectivity index (χ4v) is 1.75. The highest BCUT2D eigenvalue weighted by Gasteiger charge is 2.13. The summed E-state index contributed by atoms with van der Waals surface area (Å²) in [4.78, 5) is 10.2. The Bertz CT molecular complexity index is 546. The van der Waals surface area contributed by atoms with Gasteiger partial charge >= 0.3 is 0 Å². The zero-order chi connectivity index (χ0) is 13.8. The van der Waals surface area contributed by atoms with Crippen LogP contribution in [0.4, 0.5) is 11.4 Å². The van der Waals surface area contributed by atoms with Crippen LogP contribution in [0.1, 0.15) is 0 Å². The molecule has 0 saturated heterocycles. The summed E-state index contributed by atoms with van der Waals surface area (Å²) < 4.78 is 25.9. The average Bonchev–Trinajstić information content (AvgIpc) is 2.22. The summed E-state index contributed by atoms with van der Waals surface area (Å²) in [7, 11) is -3.51. The van der Waals surface area contributed by atoms with Crippen LogP contribution in [0.2, 0.25) is 5.02 Å². The Morgan fingerprint density at radius 1 is 1.50 bits per heavy atom. The Kier molecular flexibility index (Phi) is 4.88. The average molecular weight is 295 g/mol. The lowest BCUT2D eigenvalue weighted by atomic mass is 10.2. The molecule has 1 aromatic rings. The molecule has 0 saturated carbocycles. The van der Waals surface area contributed by atoms with E-state index < -0.39 is 15.0 Å². The van der Waals surface area contributed by atoms with Gasteiger partial charge in [-0.15, -0.1) is 0 Å². The van der Waals surface area contributed by atoms with E-state index in [0.717, 1.165) is 6.26 Å². The number of nitrogens with zero attached hydrogens (tertiary/aromatic N) is 1. The van der Waals surface area contributed by atoms with Gasteiger partial charge in [0.15, 0.2) is 0 Å². The summed E-state index contributed by atoms with van der Waals surface area (Å²) in [6.07, 6.45) is 0.925. The molecule has 0 bridgehead atoms. The highest BCUT2D eigenvalue weighted by Crippen LogP contribution is 2.27. The third kappa shape index (κ3) is 4.86.